The van der Waals surface area contributed by atoms with Gasteiger partial charge in [-0.25, -0.2) is 19.3 Å². The Morgan fingerprint density at radius 1 is 1.33 bits per heavy atom. The highest BCUT2D eigenvalue weighted by Gasteiger charge is 2.29. The molecule has 0 aliphatic carbocycles. The summed E-state index contributed by atoms with van der Waals surface area (Å²) in [5.74, 6) is 1.23. The fraction of sp³-hybridized carbons (Fsp3) is 0.333. The summed E-state index contributed by atoms with van der Waals surface area (Å²) in [6.07, 6.45) is 2.41. The van der Waals surface area contributed by atoms with Gasteiger partial charge in [0.15, 0.2) is 0 Å². The molecule has 1 fully saturated rings. The number of piperidine rings is 1. The van der Waals surface area contributed by atoms with Gasteiger partial charge < -0.3 is 15.2 Å². The molecule has 4 rings (SSSR count). The van der Waals surface area contributed by atoms with Crippen molar-refractivity contribution in [3.8, 4) is 6.07 Å². The van der Waals surface area contributed by atoms with Gasteiger partial charge in [0.05, 0.1) is 40.3 Å². The monoisotopic (exact) mass is 385 g/mol. The quantitative estimate of drug-likeness (QED) is 0.742. The van der Waals surface area contributed by atoms with Crippen LogP contribution in [0, 0.1) is 11.3 Å². The van der Waals surface area contributed by atoms with Crippen LogP contribution in [0.5, 0.6) is 0 Å². The number of aromatic nitrogens is 4. The third kappa shape index (κ3) is 3.44. The second-order valence-electron chi connectivity index (χ2n) is 6.55. The molecule has 27 heavy (non-hydrogen) atoms. The van der Waals surface area contributed by atoms with E-state index in [1.165, 1.54) is 12.4 Å². The summed E-state index contributed by atoms with van der Waals surface area (Å²) in [5, 5.41) is 9.70. The minimum atomic E-state index is -1.01. The maximum absolute atomic E-state index is 13.8. The van der Waals surface area contributed by atoms with Crippen LogP contribution in [0.3, 0.4) is 0 Å². The molecule has 2 N–H and O–H groups in total. The summed E-state index contributed by atoms with van der Waals surface area (Å²) >= 11 is 5.87. The highest BCUT2D eigenvalue weighted by molar-refractivity contribution is 6.30. The van der Waals surface area contributed by atoms with Crippen molar-refractivity contribution in [2.24, 2.45) is 5.73 Å². The van der Waals surface area contributed by atoms with Crippen LogP contribution in [0.2, 0.25) is 5.02 Å². The lowest BCUT2D eigenvalue weighted by molar-refractivity contribution is 0.243. The summed E-state index contributed by atoms with van der Waals surface area (Å²) < 4.78 is 15.7. The Morgan fingerprint density at radius 3 is 2.81 bits per heavy atom. The van der Waals surface area contributed by atoms with Crippen LogP contribution >= 0.6 is 11.6 Å². The fourth-order valence-electron chi connectivity index (χ4n) is 3.27. The third-order valence-corrected chi connectivity index (χ3v) is 4.88. The maximum atomic E-state index is 13.8. The van der Waals surface area contributed by atoms with Crippen molar-refractivity contribution in [3.63, 3.8) is 0 Å². The van der Waals surface area contributed by atoms with Gasteiger partial charge in [0.2, 0.25) is 5.95 Å². The van der Waals surface area contributed by atoms with Gasteiger partial charge in [0.25, 0.3) is 0 Å². The number of imidazole rings is 1. The molecule has 3 heterocycles. The Morgan fingerprint density at radius 2 is 2.11 bits per heavy atom. The largest absolute Gasteiger partial charge is 0.340 e. The molecule has 2 atom stereocenters. The molecule has 0 amide bonds. The van der Waals surface area contributed by atoms with E-state index >= 15 is 0 Å². The molecule has 1 aliphatic rings. The number of hydrogen-bond acceptors (Lipinski definition) is 6. The highest BCUT2D eigenvalue weighted by Crippen LogP contribution is 2.27. The van der Waals surface area contributed by atoms with E-state index in [0.29, 0.717) is 48.4 Å². The molecular weight excluding hydrogens is 369 g/mol. The van der Waals surface area contributed by atoms with E-state index in [0.717, 1.165) is 11.0 Å². The average Bonchev–Trinajstić information content (AvgIpc) is 3.03. The average molecular weight is 386 g/mol. The van der Waals surface area contributed by atoms with Gasteiger partial charge in [-0.15, -0.1) is 0 Å². The van der Waals surface area contributed by atoms with Gasteiger partial charge in [-0.05, 0) is 24.6 Å². The minimum Gasteiger partial charge on any atom is -0.340 e. The SMILES string of the molecule is N#Cc1ccc2nc(N3CC[C@H](F)[C@H](N)C3)n(Cc3ncc(Cl)cn3)c2c1. The van der Waals surface area contributed by atoms with E-state index in [4.69, 9.17) is 22.3 Å². The Hall–Kier alpha value is -2.76. The van der Waals surface area contributed by atoms with Gasteiger partial charge in [0.1, 0.15) is 12.0 Å². The Bertz CT molecular complexity index is 1010. The van der Waals surface area contributed by atoms with E-state index < -0.39 is 12.2 Å². The van der Waals surface area contributed by atoms with Crippen LogP contribution in [0.1, 0.15) is 17.8 Å². The molecule has 7 nitrogen and oxygen atoms in total. The van der Waals surface area contributed by atoms with Crippen molar-refractivity contribution in [1.29, 1.82) is 5.26 Å². The Kier molecular flexibility index (Phi) is 4.64. The molecule has 0 spiro atoms. The summed E-state index contributed by atoms with van der Waals surface area (Å²) in [6, 6.07) is 6.89. The number of nitriles is 1. The van der Waals surface area contributed by atoms with E-state index in [2.05, 4.69) is 16.0 Å². The van der Waals surface area contributed by atoms with Crippen molar-refractivity contribution in [3.05, 3.63) is 47.0 Å². The Labute approximate surface area is 160 Å². The van der Waals surface area contributed by atoms with Gasteiger partial charge >= 0.3 is 0 Å². The smallest absolute Gasteiger partial charge is 0.207 e. The lowest BCUT2D eigenvalue weighted by atomic mass is 10.1. The zero-order valence-electron chi connectivity index (χ0n) is 14.4. The van der Waals surface area contributed by atoms with Crippen LogP contribution in [0.4, 0.5) is 10.3 Å². The first-order chi connectivity index (χ1) is 13.0. The van der Waals surface area contributed by atoms with E-state index in [1.54, 1.807) is 18.2 Å². The first-order valence-electron chi connectivity index (χ1n) is 8.56. The summed E-state index contributed by atoms with van der Waals surface area (Å²) in [5.41, 5.74) is 8.00. The Balaban J connectivity index is 1.79. The number of nitrogens with zero attached hydrogens (tertiary/aromatic N) is 6. The van der Waals surface area contributed by atoms with Crippen molar-refractivity contribution < 1.29 is 4.39 Å². The van der Waals surface area contributed by atoms with E-state index in [-0.39, 0.29) is 0 Å². The lowest BCUT2D eigenvalue weighted by Crippen LogP contribution is -2.50. The molecule has 0 radical (unpaired) electrons. The molecular formula is C18H17ClFN7. The van der Waals surface area contributed by atoms with Gasteiger partial charge in [-0.1, -0.05) is 11.6 Å². The second-order valence-corrected chi connectivity index (χ2v) is 6.98. The third-order valence-electron chi connectivity index (χ3n) is 4.68. The normalized spacial score (nSPS) is 20.0. The molecule has 0 bridgehead atoms. The number of benzene rings is 1. The first kappa shape index (κ1) is 17.6. The molecule has 2 aromatic heterocycles. The van der Waals surface area contributed by atoms with Crippen LogP contribution in [0.25, 0.3) is 11.0 Å². The summed E-state index contributed by atoms with van der Waals surface area (Å²) in [4.78, 5) is 15.2. The zero-order valence-corrected chi connectivity index (χ0v) is 15.1. The van der Waals surface area contributed by atoms with Gasteiger partial charge in [-0.2, -0.15) is 5.26 Å². The second kappa shape index (κ2) is 7.10. The predicted octanol–water partition coefficient (Wildman–Crippen LogP) is 2.28. The number of fused-ring (bicyclic) bond motifs is 1. The topological polar surface area (TPSA) is 96.7 Å². The molecule has 0 unspecified atom stereocenters. The van der Waals surface area contributed by atoms with E-state index in [9.17, 15) is 9.65 Å². The van der Waals surface area contributed by atoms with Crippen LogP contribution in [-0.4, -0.2) is 44.8 Å². The van der Waals surface area contributed by atoms with Crippen molar-refractivity contribution in [2.75, 3.05) is 18.0 Å². The fourth-order valence-corrected chi connectivity index (χ4v) is 3.37. The predicted molar refractivity (Wildman–Crippen MR) is 100 cm³/mol. The molecule has 3 aromatic rings. The maximum Gasteiger partial charge on any atom is 0.207 e. The number of rotatable bonds is 3. The molecule has 0 saturated carbocycles. The molecule has 1 aliphatic heterocycles. The number of anilines is 1. The van der Waals surface area contributed by atoms with Crippen LogP contribution in [0.15, 0.2) is 30.6 Å². The minimum absolute atomic E-state index is 0.350. The van der Waals surface area contributed by atoms with Crippen LogP contribution in [-0.2, 0) is 6.54 Å². The standard InChI is InChI=1S/C18H17ClFN7/c19-12-7-23-17(24-8-12)10-27-16-5-11(6-21)1-2-15(16)25-18(27)26-4-3-13(20)14(22)9-26/h1-2,5,7-8,13-14H,3-4,9-10,22H2/t13-,14+/m0/s1. The number of nitrogens with two attached hydrogens (primary N) is 1. The van der Waals surface area contributed by atoms with Crippen molar-refractivity contribution >= 4 is 28.6 Å². The van der Waals surface area contributed by atoms with Crippen molar-refractivity contribution in [2.45, 2.75) is 25.2 Å². The first-order valence-corrected chi connectivity index (χ1v) is 8.94. The molecule has 1 saturated heterocycles. The number of alkyl halides is 1. The van der Waals surface area contributed by atoms with Crippen molar-refractivity contribution in [1.82, 2.24) is 19.5 Å². The van der Waals surface area contributed by atoms with Gasteiger partial charge in [0, 0.05) is 25.5 Å². The summed E-state index contributed by atoms with van der Waals surface area (Å²) in [7, 11) is 0. The summed E-state index contributed by atoms with van der Waals surface area (Å²) in [6.45, 7) is 1.24. The number of hydrogen-bond donors (Lipinski definition) is 1. The number of halogens is 2. The highest BCUT2D eigenvalue weighted by atomic mass is 35.5. The lowest BCUT2D eigenvalue weighted by Gasteiger charge is -2.34. The zero-order chi connectivity index (χ0) is 19.0. The van der Waals surface area contributed by atoms with E-state index in [1.807, 2.05) is 9.47 Å². The molecule has 1 aromatic carbocycles. The molecule has 9 heteroatoms. The van der Waals surface area contributed by atoms with Crippen LogP contribution < -0.4 is 10.6 Å². The van der Waals surface area contributed by atoms with Gasteiger partial charge in [-0.3, -0.25) is 0 Å². The molecule has 138 valence electrons.